The molecule has 0 saturated carbocycles. The molecule has 0 spiro atoms. The highest BCUT2D eigenvalue weighted by Gasteiger charge is 2.44. The highest BCUT2D eigenvalue weighted by molar-refractivity contribution is 6.23. The standard InChI is InChI=1S/C46H49N5O5/c1-2-38(31-7-4-3-5-8-31)43(33-12-17-37(52)18-13-33)32-10-15-36(16-11-32)50-25-22-30(23-26-50)28-49-24-6-9-35(29-49)47-34-14-19-39-40(27-34)46(56)51(45(39)55)41-20-21-42(53)48-44(41)54/h3-5,7-8,10-19,27,30,35,41,47,52H,2,6,9,20-26,28-29H2,1H3,(H,48,53,54)/t35-,41?/m0/s1. The van der Waals surface area contributed by atoms with Gasteiger partial charge in [-0.1, -0.05) is 61.5 Å². The molecule has 0 aromatic heterocycles. The van der Waals surface area contributed by atoms with Gasteiger partial charge in [-0.3, -0.25) is 29.4 Å². The summed E-state index contributed by atoms with van der Waals surface area (Å²) in [7, 11) is 0. The van der Waals surface area contributed by atoms with Crippen molar-refractivity contribution >= 4 is 46.1 Å². The number of phenolic OH excluding ortho intramolecular Hbond substituents is 1. The first-order valence-electron chi connectivity index (χ1n) is 20.0. The van der Waals surface area contributed by atoms with E-state index in [4.69, 9.17) is 0 Å². The second kappa shape index (κ2) is 16.2. The molecule has 8 rings (SSSR count). The maximum absolute atomic E-state index is 13.3. The number of anilines is 2. The number of carbonyl (C=O) groups excluding carboxylic acids is 4. The first-order valence-corrected chi connectivity index (χ1v) is 20.0. The molecule has 3 saturated heterocycles. The van der Waals surface area contributed by atoms with Gasteiger partial charge in [-0.15, -0.1) is 0 Å². The lowest BCUT2D eigenvalue weighted by Gasteiger charge is -2.39. The van der Waals surface area contributed by atoms with Crippen LogP contribution in [0.2, 0.25) is 0 Å². The average Bonchev–Trinajstić information content (AvgIpc) is 3.46. The van der Waals surface area contributed by atoms with E-state index in [-0.39, 0.29) is 30.5 Å². The van der Waals surface area contributed by atoms with Crippen LogP contribution in [-0.4, -0.2) is 83.3 Å². The molecule has 10 heteroatoms. The summed E-state index contributed by atoms with van der Waals surface area (Å²) in [5, 5.41) is 15.9. The summed E-state index contributed by atoms with van der Waals surface area (Å²) in [4.78, 5) is 56.7. The first-order chi connectivity index (χ1) is 27.2. The van der Waals surface area contributed by atoms with Gasteiger partial charge in [-0.05, 0) is 121 Å². The zero-order valence-corrected chi connectivity index (χ0v) is 31.9. The van der Waals surface area contributed by atoms with Gasteiger partial charge < -0.3 is 20.2 Å². The molecule has 0 radical (unpaired) electrons. The number of phenols is 1. The molecule has 3 N–H and O–H groups in total. The average molecular weight is 752 g/mol. The quantitative estimate of drug-likeness (QED) is 0.118. The summed E-state index contributed by atoms with van der Waals surface area (Å²) >= 11 is 0. The first kappa shape index (κ1) is 37.2. The van der Waals surface area contributed by atoms with Gasteiger partial charge in [0.1, 0.15) is 11.8 Å². The lowest BCUT2D eigenvalue weighted by Crippen LogP contribution is -2.54. The van der Waals surface area contributed by atoms with Crippen molar-refractivity contribution in [2.45, 2.75) is 64.0 Å². The topological polar surface area (TPSA) is 122 Å². The number of rotatable bonds is 10. The van der Waals surface area contributed by atoms with Crippen molar-refractivity contribution in [3.05, 3.63) is 125 Å². The highest BCUT2D eigenvalue weighted by atomic mass is 16.3. The van der Waals surface area contributed by atoms with Crippen LogP contribution in [0.4, 0.5) is 11.4 Å². The van der Waals surface area contributed by atoms with E-state index >= 15 is 0 Å². The van der Waals surface area contributed by atoms with E-state index in [9.17, 15) is 24.3 Å². The maximum atomic E-state index is 13.3. The second-order valence-corrected chi connectivity index (χ2v) is 15.5. The predicted molar refractivity (Wildman–Crippen MR) is 218 cm³/mol. The van der Waals surface area contributed by atoms with E-state index in [1.165, 1.54) is 22.4 Å². The molecule has 4 amide bonds. The normalized spacial score (nSPS) is 21.2. The van der Waals surface area contributed by atoms with Gasteiger partial charge in [0.15, 0.2) is 0 Å². The molecule has 4 aromatic carbocycles. The summed E-state index contributed by atoms with van der Waals surface area (Å²) < 4.78 is 0. The fourth-order valence-corrected chi connectivity index (χ4v) is 9.02. The van der Waals surface area contributed by atoms with Crippen LogP contribution >= 0.6 is 0 Å². The van der Waals surface area contributed by atoms with Crippen molar-refractivity contribution in [1.82, 2.24) is 15.1 Å². The van der Waals surface area contributed by atoms with Gasteiger partial charge in [0.25, 0.3) is 11.8 Å². The molecule has 10 nitrogen and oxygen atoms in total. The Hall–Kier alpha value is -5.74. The van der Waals surface area contributed by atoms with Crippen LogP contribution in [0.1, 0.15) is 89.3 Å². The SMILES string of the molecule is CCC(=C(c1ccc(O)cc1)c1ccc(N2CCC(CN3CCC[C@H](Nc4ccc5c(c4)C(=O)N(C4CCC(=O)NC4=O)C5=O)C3)CC2)cc1)c1ccccc1. The Kier molecular flexibility index (Phi) is 10.7. The molecule has 4 aliphatic heterocycles. The fourth-order valence-electron chi connectivity index (χ4n) is 9.02. The summed E-state index contributed by atoms with van der Waals surface area (Å²) in [5.41, 5.74) is 8.55. The van der Waals surface area contributed by atoms with Crippen molar-refractivity contribution in [3.8, 4) is 5.75 Å². The Morgan fingerprint density at radius 3 is 2.16 bits per heavy atom. The van der Waals surface area contributed by atoms with Gasteiger partial charge >= 0.3 is 0 Å². The minimum atomic E-state index is -0.969. The fraction of sp³-hybridized carbons (Fsp3) is 0.348. The minimum Gasteiger partial charge on any atom is -0.508 e. The number of amides is 4. The number of fused-ring (bicyclic) bond motifs is 1. The summed E-state index contributed by atoms with van der Waals surface area (Å²) in [5.74, 6) is -1.08. The van der Waals surface area contributed by atoms with E-state index in [1.807, 2.05) is 24.3 Å². The number of benzene rings is 4. The van der Waals surface area contributed by atoms with Crippen molar-refractivity contribution in [2.75, 3.05) is 42.9 Å². The number of piperidine rings is 3. The molecule has 3 fully saturated rings. The van der Waals surface area contributed by atoms with Crippen LogP contribution in [-0.2, 0) is 9.59 Å². The lowest BCUT2D eigenvalue weighted by molar-refractivity contribution is -0.136. The van der Waals surface area contributed by atoms with Gasteiger partial charge in [0, 0.05) is 50.0 Å². The van der Waals surface area contributed by atoms with E-state index in [0.717, 1.165) is 86.5 Å². The Morgan fingerprint density at radius 2 is 1.46 bits per heavy atom. The molecule has 4 heterocycles. The number of aromatic hydroxyl groups is 1. The van der Waals surface area contributed by atoms with Crippen LogP contribution in [0.15, 0.2) is 97.1 Å². The third kappa shape index (κ3) is 7.71. The van der Waals surface area contributed by atoms with E-state index in [1.54, 1.807) is 24.3 Å². The number of nitrogens with zero attached hydrogens (tertiary/aromatic N) is 3. The number of hydrogen-bond donors (Lipinski definition) is 3. The molecule has 288 valence electrons. The van der Waals surface area contributed by atoms with Crippen LogP contribution in [0.25, 0.3) is 11.1 Å². The Labute approximate surface area is 328 Å². The van der Waals surface area contributed by atoms with Gasteiger partial charge in [0.05, 0.1) is 11.1 Å². The minimum absolute atomic E-state index is 0.0972. The predicted octanol–water partition coefficient (Wildman–Crippen LogP) is 6.96. The van der Waals surface area contributed by atoms with E-state index < -0.39 is 23.8 Å². The molecular formula is C46H49N5O5. The molecule has 0 aliphatic carbocycles. The molecule has 1 unspecified atom stereocenters. The third-order valence-electron chi connectivity index (χ3n) is 11.9. The number of carbonyl (C=O) groups is 4. The maximum Gasteiger partial charge on any atom is 0.262 e. The summed E-state index contributed by atoms with van der Waals surface area (Å²) in [6.07, 6.45) is 5.49. The second-order valence-electron chi connectivity index (χ2n) is 15.5. The molecule has 2 atom stereocenters. The lowest BCUT2D eigenvalue weighted by atomic mass is 9.88. The van der Waals surface area contributed by atoms with Gasteiger partial charge in [-0.25, -0.2) is 0 Å². The monoisotopic (exact) mass is 751 g/mol. The Morgan fingerprint density at radius 1 is 0.768 bits per heavy atom. The largest absolute Gasteiger partial charge is 0.508 e. The molecule has 0 bridgehead atoms. The van der Waals surface area contributed by atoms with Crippen molar-refractivity contribution in [3.63, 3.8) is 0 Å². The van der Waals surface area contributed by atoms with Crippen LogP contribution in [0.5, 0.6) is 5.75 Å². The molecule has 4 aliphatic rings. The molecule has 4 aromatic rings. The third-order valence-corrected chi connectivity index (χ3v) is 11.9. The number of likely N-dealkylation sites (tertiary alicyclic amines) is 1. The van der Waals surface area contributed by atoms with Crippen molar-refractivity contribution < 1.29 is 24.3 Å². The zero-order valence-electron chi connectivity index (χ0n) is 31.9. The van der Waals surface area contributed by atoms with E-state index in [2.05, 4.69) is 75.9 Å². The van der Waals surface area contributed by atoms with Crippen LogP contribution < -0.4 is 15.5 Å². The number of imide groups is 2. The van der Waals surface area contributed by atoms with Gasteiger partial charge in [-0.2, -0.15) is 0 Å². The number of hydrogen-bond acceptors (Lipinski definition) is 8. The highest BCUT2D eigenvalue weighted by Crippen LogP contribution is 2.36. The zero-order chi connectivity index (χ0) is 38.8. The summed E-state index contributed by atoms with van der Waals surface area (Å²) in [6, 6.07) is 31.6. The molecular weight excluding hydrogens is 703 g/mol. The van der Waals surface area contributed by atoms with Crippen LogP contribution in [0, 0.1) is 5.92 Å². The Bertz CT molecular complexity index is 2140. The van der Waals surface area contributed by atoms with E-state index in [0.29, 0.717) is 17.0 Å². The number of nitrogens with one attached hydrogen (secondary N) is 2. The smallest absolute Gasteiger partial charge is 0.262 e. The summed E-state index contributed by atoms with van der Waals surface area (Å²) in [6.45, 7) is 7.27. The number of allylic oxidation sites excluding steroid dienone is 1. The van der Waals surface area contributed by atoms with Crippen molar-refractivity contribution in [1.29, 1.82) is 0 Å². The molecule has 56 heavy (non-hydrogen) atoms. The Balaban J connectivity index is 0.870. The van der Waals surface area contributed by atoms with Crippen LogP contribution in [0.3, 0.4) is 0 Å². The van der Waals surface area contributed by atoms with Crippen molar-refractivity contribution in [2.24, 2.45) is 5.92 Å². The van der Waals surface area contributed by atoms with Gasteiger partial charge in [0.2, 0.25) is 11.8 Å².